The first kappa shape index (κ1) is 17.3. The van der Waals surface area contributed by atoms with E-state index in [1.54, 1.807) is 0 Å². The van der Waals surface area contributed by atoms with Gasteiger partial charge in [0.05, 0.1) is 0 Å². The summed E-state index contributed by atoms with van der Waals surface area (Å²) in [5.74, 6) is 0.901. The van der Waals surface area contributed by atoms with Crippen LogP contribution < -0.4 is 0 Å². The molecule has 0 N–H and O–H groups in total. The molecule has 29 heavy (non-hydrogen) atoms. The largest absolute Gasteiger partial charge is 0.456 e. The molecule has 1 nitrogen and oxygen atoms in total. The van der Waals surface area contributed by atoms with Gasteiger partial charge in [0, 0.05) is 10.9 Å². The van der Waals surface area contributed by atoms with Crippen LogP contribution in [0.1, 0.15) is 11.1 Å². The Kier molecular flexibility index (Phi) is 4.56. The highest BCUT2D eigenvalue weighted by Gasteiger charge is 2.05. The zero-order valence-electron chi connectivity index (χ0n) is 16.0. The van der Waals surface area contributed by atoms with Gasteiger partial charge in [-0.25, -0.2) is 0 Å². The van der Waals surface area contributed by atoms with Gasteiger partial charge < -0.3 is 4.42 Å². The molecule has 0 bridgehead atoms. The van der Waals surface area contributed by atoms with Crippen molar-refractivity contribution < 1.29 is 4.42 Å². The number of hydrogen-bond donors (Lipinski definition) is 0. The van der Waals surface area contributed by atoms with Crippen molar-refractivity contribution in [3.63, 3.8) is 0 Å². The maximum Gasteiger partial charge on any atom is 0.135 e. The Labute approximate surface area is 170 Å². The summed E-state index contributed by atoms with van der Waals surface area (Å²) in [6.45, 7) is 0. The van der Waals surface area contributed by atoms with Crippen molar-refractivity contribution >= 4 is 23.1 Å². The normalized spacial score (nSPS) is 11.3. The lowest BCUT2D eigenvalue weighted by Gasteiger charge is -2.02. The van der Waals surface area contributed by atoms with Gasteiger partial charge in [0.1, 0.15) is 11.3 Å². The Balaban J connectivity index is 1.32. The molecule has 0 spiro atoms. The fourth-order valence-electron chi connectivity index (χ4n) is 3.49. The molecule has 1 heteroatoms. The van der Waals surface area contributed by atoms with E-state index in [0.717, 1.165) is 27.9 Å². The van der Waals surface area contributed by atoms with E-state index in [-0.39, 0.29) is 0 Å². The molecule has 4 aromatic carbocycles. The fourth-order valence-corrected chi connectivity index (χ4v) is 3.49. The van der Waals surface area contributed by atoms with E-state index in [4.69, 9.17) is 4.42 Å². The maximum atomic E-state index is 5.95. The highest BCUT2D eigenvalue weighted by molar-refractivity contribution is 5.83. The van der Waals surface area contributed by atoms with Gasteiger partial charge >= 0.3 is 0 Å². The molecule has 0 saturated carbocycles. The summed E-state index contributed by atoms with van der Waals surface area (Å²) in [4.78, 5) is 0. The van der Waals surface area contributed by atoms with Crippen LogP contribution in [0.2, 0.25) is 0 Å². The molecule has 0 aliphatic carbocycles. The van der Waals surface area contributed by atoms with Crippen LogP contribution in [0.15, 0.2) is 114 Å². The second-order valence-corrected chi connectivity index (χ2v) is 7.09. The topological polar surface area (TPSA) is 13.1 Å². The molecule has 0 fully saturated rings. The van der Waals surface area contributed by atoms with Gasteiger partial charge in [0.15, 0.2) is 0 Å². The van der Waals surface area contributed by atoms with Crippen LogP contribution in [0.5, 0.6) is 0 Å². The Morgan fingerprint density at radius 1 is 0.483 bits per heavy atom. The summed E-state index contributed by atoms with van der Waals surface area (Å²) in [5.41, 5.74) is 6.83. The zero-order chi connectivity index (χ0) is 19.5. The molecule has 0 aliphatic rings. The number of benzene rings is 4. The second-order valence-electron chi connectivity index (χ2n) is 7.09. The number of rotatable bonds is 4. The smallest absolute Gasteiger partial charge is 0.135 e. The van der Waals surface area contributed by atoms with E-state index < -0.39 is 0 Å². The lowest BCUT2D eigenvalue weighted by molar-refractivity contribution is 0.631. The monoisotopic (exact) mass is 372 g/mol. The summed E-state index contributed by atoms with van der Waals surface area (Å²) in [6.07, 6.45) is 4.28. The third-order valence-corrected chi connectivity index (χ3v) is 5.11. The van der Waals surface area contributed by atoms with Gasteiger partial charge in [-0.2, -0.15) is 0 Å². The first-order chi connectivity index (χ1) is 14.3. The predicted molar refractivity (Wildman–Crippen MR) is 122 cm³/mol. The van der Waals surface area contributed by atoms with Crippen molar-refractivity contribution in [2.75, 3.05) is 0 Å². The van der Waals surface area contributed by atoms with Gasteiger partial charge in [-0.05, 0) is 34.4 Å². The first-order valence-electron chi connectivity index (χ1n) is 9.78. The second kappa shape index (κ2) is 7.65. The van der Waals surface area contributed by atoms with Gasteiger partial charge in [-0.1, -0.05) is 109 Å². The number of para-hydroxylation sites is 1. The van der Waals surface area contributed by atoms with Gasteiger partial charge in [-0.15, -0.1) is 0 Å². The van der Waals surface area contributed by atoms with Crippen molar-refractivity contribution in [3.05, 3.63) is 120 Å². The molecule has 0 radical (unpaired) electrons. The molecule has 5 aromatic rings. The third-order valence-electron chi connectivity index (χ3n) is 5.11. The lowest BCUT2D eigenvalue weighted by Crippen LogP contribution is -1.78. The molecule has 1 aromatic heterocycles. The molecular weight excluding hydrogens is 352 g/mol. The quantitative estimate of drug-likeness (QED) is 0.292. The molecule has 0 unspecified atom stereocenters. The summed E-state index contributed by atoms with van der Waals surface area (Å²) in [5, 5.41) is 1.13. The number of furan rings is 1. The van der Waals surface area contributed by atoms with E-state index >= 15 is 0 Å². The van der Waals surface area contributed by atoms with Crippen LogP contribution in [0.3, 0.4) is 0 Å². The van der Waals surface area contributed by atoms with Gasteiger partial charge in [-0.3, -0.25) is 0 Å². The number of fused-ring (bicyclic) bond motifs is 1. The third kappa shape index (κ3) is 3.76. The summed E-state index contributed by atoms with van der Waals surface area (Å²) >= 11 is 0. The molecule has 0 saturated heterocycles. The van der Waals surface area contributed by atoms with E-state index in [1.807, 2.05) is 24.3 Å². The molecule has 0 atom stereocenters. The first-order valence-corrected chi connectivity index (χ1v) is 9.78. The van der Waals surface area contributed by atoms with Crippen molar-refractivity contribution in [2.24, 2.45) is 0 Å². The van der Waals surface area contributed by atoms with E-state index in [1.165, 1.54) is 16.7 Å². The average Bonchev–Trinajstić information content (AvgIpc) is 3.23. The highest BCUT2D eigenvalue weighted by Crippen LogP contribution is 2.28. The lowest BCUT2D eigenvalue weighted by atomic mass is 10.0. The van der Waals surface area contributed by atoms with Crippen molar-refractivity contribution in [3.8, 4) is 22.5 Å². The molecule has 5 rings (SSSR count). The fraction of sp³-hybridized carbons (Fsp3) is 0. The molecular formula is C28H20O. The summed E-state index contributed by atoms with van der Waals surface area (Å²) in [7, 11) is 0. The van der Waals surface area contributed by atoms with Crippen LogP contribution >= 0.6 is 0 Å². The Morgan fingerprint density at radius 3 is 1.69 bits per heavy atom. The average molecular weight is 372 g/mol. The minimum absolute atomic E-state index is 0.901. The minimum Gasteiger partial charge on any atom is -0.456 e. The van der Waals surface area contributed by atoms with Crippen molar-refractivity contribution in [2.45, 2.75) is 0 Å². The maximum absolute atomic E-state index is 5.95. The van der Waals surface area contributed by atoms with Gasteiger partial charge in [0.2, 0.25) is 0 Å². The zero-order valence-corrected chi connectivity index (χ0v) is 16.0. The Hall–Kier alpha value is -3.84. The molecule has 0 amide bonds. The summed E-state index contributed by atoms with van der Waals surface area (Å²) < 4.78 is 5.95. The molecule has 1 heterocycles. The highest BCUT2D eigenvalue weighted by atomic mass is 16.3. The SMILES string of the molecule is C(=Cc1ccc(-c2cc3ccccc3o2)cc1)c1ccc(-c2ccccc2)cc1. The summed E-state index contributed by atoms with van der Waals surface area (Å²) in [6, 6.07) is 37.7. The van der Waals surface area contributed by atoms with Crippen molar-refractivity contribution in [1.29, 1.82) is 0 Å². The molecule has 138 valence electrons. The minimum atomic E-state index is 0.901. The predicted octanol–water partition coefficient (Wildman–Crippen LogP) is 7.94. The van der Waals surface area contributed by atoms with Crippen molar-refractivity contribution in [1.82, 2.24) is 0 Å². The number of hydrogen-bond acceptors (Lipinski definition) is 1. The molecule has 0 aliphatic heterocycles. The van der Waals surface area contributed by atoms with Crippen LogP contribution in [0.25, 0.3) is 45.6 Å². The van der Waals surface area contributed by atoms with Gasteiger partial charge in [0.25, 0.3) is 0 Å². The Morgan fingerprint density at radius 2 is 1.03 bits per heavy atom. The standard InChI is InChI=1S/C28H20O/c1-2-6-23(7-3-1)24-16-12-21(13-17-24)10-11-22-14-18-25(19-15-22)28-20-26-8-4-5-9-27(26)29-28/h1-20H. The van der Waals surface area contributed by atoms with Crippen LogP contribution in [0, 0.1) is 0 Å². The van der Waals surface area contributed by atoms with E-state index in [9.17, 15) is 0 Å². The Bertz CT molecular complexity index is 1220. The van der Waals surface area contributed by atoms with Crippen LogP contribution in [-0.4, -0.2) is 0 Å². The van der Waals surface area contributed by atoms with Crippen LogP contribution in [0.4, 0.5) is 0 Å². The van der Waals surface area contributed by atoms with Crippen LogP contribution in [-0.2, 0) is 0 Å². The van der Waals surface area contributed by atoms with E-state index in [0.29, 0.717) is 0 Å². The van der Waals surface area contributed by atoms with E-state index in [2.05, 4.69) is 97.1 Å².